The monoisotopic (exact) mass is 423 g/mol. The molecule has 1 unspecified atom stereocenters. The van der Waals surface area contributed by atoms with Gasteiger partial charge in [0.05, 0.1) is 5.75 Å². The van der Waals surface area contributed by atoms with Crippen LogP contribution in [0.1, 0.15) is 25.3 Å². The van der Waals surface area contributed by atoms with E-state index in [1.54, 1.807) is 16.7 Å². The summed E-state index contributed by atoms with van der Waals surface area (Å²) in [6.45, 7) is 3.42. The molecule has 9 nitrogen and oxygen atoms in total. The molecule has 0 radical (unpaired) electrons. The van der Waals surface area contributed by atoms with Gasteiger partial charge in [0.1, 0.15) is 6.04 Å². The van der Waals surface area contributed by atoms with E-state index < -0.39 is 16.1 Å². The van der Waals surface area contributed by atoms with Crippen LogP contribution in [0.2, 0.25) is 0 Å². The molecular weight excluding hydrogens is 398 g/mol. The van der Waals surface area contributed by atoms with Gasteiger partial charge in [-0.15, -0.1) is 0 Å². The molecule has 3 aliphatic rings. The van der Waals surface area contributed by atoms with E-state index in [0.29, 0.717) is 57.1 Å². The number of hydrogen-bond donors (Lipinski definition) is 0. The van der Waals surface area contributed by atoms with Crippen molar-refractivity contribution in [2.24, 2.45) is 0 Å². The second-order valence-electron chi connectivity index (χ2n) is 7.39. The molecule has 4 rings (SSSR count). The van der Waals surface area contributed by atoms with Crippen LogP contribution in [0.3, 0.4) is 0 Å². The molecule has 158 valence electrons. The average Bonchev–Trinajstić information content (AvgIpc) is 3.34. The molecule has 0 aliphatic carbocycles. The summed E-state index contributed by atoms with van der Waals surface area (Å²) in [6.07, 6.45) is 0.820. The van der Waals surface area contributed by atoms with Crippen molar-refractivity contribution >= 4 is 21.8 Å². The fourth-order valence-electron chi connectivity index (χ4n) is 4.00. The van der Waals surface area contributed by atoms with E-state index in [1.807, 2.05) is 18.2 Å². The molecule has 2 saturated heterocycles. The number of carbonyl (C=O) groups is 2. The van der Waals surface area contributed by atoms with Crippen molar-refractivity contribution in [2.45, 2.75) is 32.4 Å². The highest BCUT2D eigenvalue weighted by molar-refractivity contribution is 7.89. The predicted octanol–water partition coefficient (Wildman–Crippen LogP) is 0.400. The SMILES string of the molecule is CCS(=O)(=O)N1CCN(C(=O)C2CCC(=O)N2Cc2ccc3c(c2)OCO3)CC1. The quantitative estimate of drug-likeness (QED) is 0.680. The minimum atomic E-state index is -3.25. The van der Waals surface area contributed by atoms with Gasteiger partial charge in [0.2, 0.25) is 28.6 Å². The third kappa shape index (κ3) is 3.91. The Balaban J connectivity index is 1.42. The third-order valence-corrected chi connectivity index (χ3v) is 7.59. The molecule has 10 heteroatoms. The Kier molecular flexibility index (Phi) is 5.39. The first-order chi connectivity index (χ1) is 13.9. The number of ether oxygens (including phenoxy) is 2. The van der Waals surface area contributed by atoms with Gasteiger partial charge in [-0.1, -0.05) is 6.07 Å². The first kappa shape index (κ1) is 20.0. The zero-order valence-electron chi connectivity index (χ0n) is 16.4. The van der Waals surface area contributed by atoms with Crippen molar-refractivity contribution in [1.29, 1.82) is 0 Å². The smallest absolute Gasteiger partial charge is 0.245 e. The Morgan fingerprint density at radius 3 is 2.59 bits per heavy atom. The summed E-state index contributed by atoms with van der Waals surface area (Å²) in [6, 6.07) is 5.00. The number of hydrogen-bond acceptors (Lipinski definition) is 6. The van der Waals surface area contributed by atoms with Crippen molar-refractivity contribution in [2.75, 3.05) is 38.7 Å². The summed E-state index contributed by atoms with van der Waals surface area (Å²) in [7, 11) is -3.25. The maximum absolute atomic E-state index is 13.1. The highest BCUT2D eigenvalue weighted by Crippen LogP contribution is 2.33. The molecule has 3 aliphatic heterocycles. The number of carbonyl (C=O) groups excluding carboxylic acids is 2. The van der Waals surface area contributed by atoms with E-state index >= 15 is 0 Å². The van der Waals surface area contributed by atoms with Crippen molar-refractivity contribution in [1.82, 2.24) is 14.1 Å². The maximum Gasteiger partial charge on any atom is 0.245 e. The summed E-state index contributed by atoms with van der Waals surface area (Å²) < 4.78 is 36.2. The molecule has 0 N–H and O–H groups in total. The zero-order valence-corrected chi connectivity index (χ0v) is 17.2. The van der Waals surface area contributed by atoms with Gasteiger partial charge in [-0.25, -0.2) is 8.42 Å². The number of sulfonamides is 1. The molecule has 1 aromatic carbocycles. The van der Waals surface area contributed by atoms with Crippen molar-refractivity contribution < 1.29 is 27.5 Å². The second kappa shape index (κ2) is 7.83. The second-order valence-corrected chi connectivity index (χ2v) is 9.65. The fourth-order valence-corrected chi connectivity index (χ4v) is 5.09. The molecule has 0 aromatic heterocycles. The Hall–Kier alpha value is -2.33. The molecule has 2 amide bonds. The topological polar surface area (TPSA) is 96.5 Å². The van der Waals surface area contributed by atoms with E-state index in [-0.39, 0.29) is 24.4 Å². The lowest BCUT2D eigenvalue weighted by Crippen LogP contribution is -2.55. The Labute approximate surface area is 170 Å². The molecule has 0 spiro atoms. The van der Waals surface area contributed by atoms with Crippen LogP contribution in [-0.4, -0.2) is 79.1 Å². The number of amides is 2. The van der Waals surface area contributed by atoms with Crippen LogP contribution in [0.4, 0.5) is 0 Å². The predicted molar refractivity (Wildman–Crippen MR) is 104 cm³/mol. The minimum absolute atomic E-state index is 0.0480. The van der Waals surface area contributed by atoms with Crippen LogP contribution >= 0.6 is 0 Å². The number of benzene rings is 1. The molecule has 3 heterocycles. The number of rotatable bonds is 5. The van der Waals surface area contributed by atoms with Gasteiger partial charge in [0.15, 0.2) is 11.5 Å². The number of piperazine rings is 1. The van der Waals surface area contributed by atoms with Gasteiger partial charge in [0.25, 0.3) is 0 Å². The summed E-state index contributed by atoms with van der Waals surface area (Å²) in [4.78, 5) is 28.8. The lowest BCUT2D eigenvalue weighted by molar-refractivity contribution is -0.142. The molecule has 1 atom stereocenters. The fraction of sp³-hybridized carbons (Fsp3) is 0.579. The van der Waals surface area contributed by atoms with E-state index in [4.69, 9.17) is 9.47 Å². The van der Waals surface area contributed by atoms with Gasteiger partial charge in [-0.3, -0.25) is 9.59 Å². The largest absolute Gasteiger partial charge is 0.454 e. The van der Waals surface area contributed by atoms with Gasteiger partial charge in [0, 0.05) is 39.1 Å². The van der Waals surface area contributed by atoms with Crippen LogP contribution < -0.4 is 9.47 Å². The average molecular weight is 423 g/mol. The number of nitrogens with zero attached hydrogens (tertiary/aromatic N) is 3. The van der Waals surface area contributed by atoms with Crippen LogP contribution in [-0.2, 0) is 26.2 Å². The molecule has 0 bridgehead atoms. The van der Waals surface area contributed by atoms with E-state index in [1.165, 1.54) is 4.31 Å². The number of fused-ring (bicyclic) bond motifs is 1. The first-order valence-corrected chi connectivity index (χ1v) is 11.4. The maximum atomic E-state index is 13.1. The van der Waals surface area contributed by atoms with Gasteiger partial charge < -0.3 is 19.3 Å². The molecule has 1 aromatic rings. The molecule has 2 fully saturated rings. The lowest BCUT2D eigenvalue weighted by atomic mass is 10.1. The third-order valence-electron chi connectivity index (χ3n) is 5.71. The van der Waals surface area contributed by atoms with Crippen molar-refractivity contribution in [3.63, 3.8) is 0 Å². The summed E-state index contributed by atoms with van der Waals surface area (Å²) in [5.41, 5.74) is 0.876. The van der Waals surface area contributed by atoms with Crippen LogP contribution in [0, 0.1) is 0 Å². The highest BCUT2D eigenvalue weighted by Gasteiger charge is 2.39. The number of likely N-dealkylation sites (tertiary alicyclic amines) is 1. The van der Waals surface area contributed by atoms with Crippen LogP contribution in [0.15, 0.2) is 18.2 Å². The lowest BCUT2D eigenvalue weighted by Gasteiger charge is -2.36. The normalized spacial score (nSPS) is 22.4. The van der Waals surface area contributed by atoms with E-state index in [0.717, 1.165) is 5.56 Å². The summed E-state index contributed by atoms with van der Waals surface area (Å²) in [5.74, 6) is 1.22. The van der Waals surface area contributed by atoms with Crippen molar-refractivity contribution in [3.8, 4) is 11.5 Å². The Bertz CT molecular complexity index is 911. The van der Waals surface area contributed by atoms with Crippen molar-refractivity contribution in [3.05, 3.63) is 23.8 Å². The molecular formula is C19H25N3O6S. The first-order valence-electron chi connectivity index (χ1n) is 9.83. The summed E-state index contributed by atoms with van der Waals surface area (Å²) in [5, 5.41) is 0. The standard InChI is InChI=1S/C19H25N3O6S/c1-2-29(25,26)21-9-7-20(8-10-21)19(24)15-4-6-18(23)22(15)12-14-3-5-16-17(11-14)28-13-27-16/h3,5,11,15H,2,4,6-10,12-13H2,1H3. The Morgan fingerprint density at radius 1 is 1.14 bits per heavy atom. The minimum Gasteiger partial charge on any atom is -0.454 e. The summed E-state index contributed by atoms with van der Waals surface area (Å²) >= 11 is 0. The van der Waals surface area contributed by atoms with Crippen LogP contribution in [0.25, 0.3) is 0 Å². The van der Waals surface area contributed by atoms with Gasteiger partial charge in [-0.05, 0) is 31.0 Å². The van der Waals surface area contributed by atoms with Gasteiger partial charge >= 0.3 is 0 Å². The Morgan fingerprint density at radius 2 is 1.86 bits per heavy atom. The zero-order chi connectivity index (χ0) is 20.6. The highest BCUT2D eigenvalue weighted by atomic mass is 32.2. The van der Waals surface area contributed by atoms with Gasteiger partial charge in [-0.2, -0.15) is 4.31 Å². The molecule has 29 heavy (non-hydrogen) atoms. The van der Waals surface area contributed by atoms with E-state index in [9.17, 15) is 18.0 Å². The van der Waals surface area contributed by atoms with E-state index in [2.05, 4.69) is 0 Å². The molecule has 0 saturated carbocycles. The van der Waals surface area contributed by atoms with Crippen LogP contribution in [0.5, 0.6) is 11.5 Å².